The second-order valence-corrected chi connectivity index (χ2v) is 10.2. The molecular weight excluding hydrogens is 473 g/mol. The van der Waals surface area contributed by atoms with Crippen LogP contribution in [0.4, 0.5) is 0 Å². The summed E-state index contributed by atoms with van der Waals surface area (Å²) in [5.41, 5.74) is 8.73. The number of nitrogens with two attached hydrogens (primary N) is 1. The van der Waals surface area contributed by atoms with Gasteiger partial charge in [0.2, 0.25) is 10.0 Å². The van der Waals surface area contributed by atoms with Crippen LogP contribution in [-0.2, 0) is 16.4 Å². The number of aromatic nitrogens is 1. The van der Waals surface area contributed by atoms with Crippen molar-refractivity contribution in [3.8, 4) is 5.75 Å². The van der Waals surface area contributed by atoms with Gasteiger partial charge in [-0.1, -0.05) is 29.3 Å². The van der Waals surface area contributed by atoms with Gasteiger partial charge >= 0.3 is 0 Å². The van der Waals surface area contributed by atoms with Crippen LogP contribution in [-0.4, -0.2) is 38.2 Å². The molecule has 4 N–H and O–H groups in total. The molecule has 32 heavy (non-hydrogen) atoms. The van der Waals surface area contributed by atoms with Gasteiger partial charge in [-0.25, -0.2) is 13.1 Å². The first-order chi connectivity index (χ1) is 15.1. The van der Waals surface area contributed by atoms with Gasteiger partial charge in [-0.2, -0.15) is 0 Å². The van der Waals surface area contributed by atoms with Gasteiger partial charge in [-0.3, -0.25) is 4.79 Å². The molecule has 0 fully saturated rings. The Morgan fingerprint density at radius 3 is 2.50 bits per heavy atom. The maximum Gasteiger partial charge on any atom is 0.281 e. The van der Waals surface area contributed by atoms with Crippen molar-refractivity contribution in [3.63, 3.8) is 0 Å². The Hall–Kier alpha value is -2.26. The quantitative estimate of drug-likeness (QED) is 0.384. The largest absolute Gasteiger partial charge is 0.494 e. The molecule has 0 bridgehead atoms. The summed E-state index contributed by atoms with van der Waals surface area (Å²) >= 11 is 12.3. The molecule has 0 saturated heterocycles. The van der Waals surface area contributed by atoms with Crippen molar-refractivity contribution in [1.82, 2.24) is 9.71 Å². The molecular formula is C22H25Cl2N3O4S. The number of carbonyl (C=O) groups is 1. The second-order valence-electron chi connectivity index (χ2n) is 7.53. The third kappa shape index (κ3) is 5.75. The fourth-order valence-corrected chi connectivity index (χ4v) is 4.59. The van der Waals surface area contributed by atoms with Gasteiger partial charge < -0.3 is 15.5 Å². The van der Waals surface area contributed by atoms with Gasteiger partial charge in [0.25, 0.3) is 5.91 Å². The highest BCUT2D eigenvalue weighted by Gasteiger charge is 2.22. The number of rotatable bonds is 9. The van der Waals surface area contributed by atoms with E-state index in [1.54, 1.807) is 18.2 Å². The third-order valence-electron chi connectivity index (χ3n) is 4.98. The molecule has 0 spiro atoms. The number of benzene rings is 2. The SMILES string of the molecule is Cc1cc(OCCCc2c(C(=O)NS(=O)(=O)CCN)[nH]c3cc(Cl)ccc23)cc(C)c1Cl. The lowest BCUT2D eigenvalue weighted by Crippen LogP contribution is -2.35. The molecule has 172 valence electrons. The molecule has 0 aliphatic carbocycles. The van der Waals surface area contributed by atoms with E-state index in [-0.39, 0.29) is 18.0 Å². The van der Waals surface area contributed by atoms with E-state index in [0.29, 0.717) is 35.6 Å². The Labute approximate surface area is 197 Å². The Kier molecular flexibility index (Phi) is 7.71. The summed E-state index contributed by atoms with van der Waals surface area (Å²) in [6, 6.07) is 8.99. The van der Waals surface area contributed by atoms with Crippen LogP contribution in [0, 0.1) is 13.8 Å². The number of hydrogen-bond donors (Lipinski definition) is 3. The topological polar surface area (TPSA) is 114 Å². The average molecular weight is 498 g/mol. The summed E-state index contributed by atoms with van der Waals surface area (Å²) in [4.78, 5) is 15.7. The Balaban J connectivity index is 1.79. The number of aryl methyl sites for hydroxylation is 3. The minimum absolute atomic E-state index is 0.0846. The molecule has 0 unspecified atom stereocenters. The molecule has 10 heteroatoms. The number of halogens is 2. The summed E-state index contributed by atoms with van der Waals surface area (Å²) in [6.45, 7) is 4.16. The lowest BCUT2D eigenvalue weighted by Gasteiger charge is -2.11. The lowest BCUT2D eigenvalue weighted by atomic mass is 10.1. The third-order valence-corrected chi connectivity index (χ3v) is 7.08. The number of hydrogen-bond acceptors (Lipinski definition) is 5. The zero-order chi connectivity index (χ0) is 23.5. The van der Waals surface area contributed by atoms with Crippen molar-refractivity contribution in [2.75, 3.05) is 18.9 Å². The van der Waals surface area contributed by atoms with E-state index >= 15 is 0 Å². The van der Waals surface area contributed by atoms with Crippen LogP contribution < -0.4 is 15.2 Å². The predicted molar refractivity (Wildman–Crippen MR) is 128 cm³/mol. The lowest BCUT2D eigenvalue weighted by molar-refractivity contribution is 0.0976. The highest BCUT2D eigenvalue weighted by molar-refractivity contribution is 7.90. The van der Waals surface area contributed by atoms with E-state index in [2.05, 4.69) is 9.71 Å². The zero-order valence-corrected chi connectivity index (χ0v) is 20.1. The van der Waals surface area contributed by atoms with E-state index in [9.17, 15) is 13.2 Å². The summed E-state index contributed by atoms with van der Waals surface area (Å²) in [7, 11) is -3.82. The number of nitrogens with one attached hydrogen (secondary N) is 2. The van der Waals surface area contributed by atoms with Gasteiger partial charge in [0, 0.05) is 27.5 Å². The number of H-pyrrole nitrogens is 1. The van der Waals surface area contributed by atoms with Crippen molar-refractivity contribution in [2.24, 2.45) is 5.73 Å². The molecule has 3 aromatic rings. The van der Waals surface area contributed by atoms with Gasteiger partial charge in [0.1, 0.15) is 11.4 Å². The molecule has 2 aromatic carbocycles. The van der Waals surface area contributed by atoms with Crippen molar-refractivity contribution < 1.29 is 17.9 Å². The Morgan fingerprint density at radius 2 is 1.84 bits per heavy atom. The normalized spacial score (nSPS) is 11.7. The minimum atomic E-state index is -3.82. The summed E-state index contributed by atoms with van der Waals surface area (Å²) < 4.78 is 32.0. The monoisotopic (exact) mass is 497 g/mol. The molecule has 1 aromatic heterocycles. The summed E-state index contributed by atoms with van der Waals surface area (Å²) in [5.74, 6) is -0.347. The first kappa shape index (κ1) is 24.4. The highest BCUT2D eigenvalue weighted by Crippen LogP contribution is 2.28. The predicted octanol–water partition coefficient (Wildman–Crippen LogP) is 4.12. The van der Waals surface area contributed by atoms with Crippen molar-refractivity contribution in [3.05, 3.63) is 62.8 Å². The van der Waals surface area contributed by atoms with Crippen LogP contribution in [0.15, 0.2) is 30.3 Å². The second kappa shape index (κ2) is 10.1. The van der Waals surface area contributed by atoms with Crippen LogP contribution in [0.5, 0.6) is 5.75 Å². The number of aromatic amines is 1. The van der Waals surface area contributed by atoms with Crippen molar-refractivity contribution >= 4 is 50.0 Å². The van der Waals surface area contributed by atoms with E-state index < -0.39 is 15.9 Å². The van der Waals surface area contributed by atoms with Crippen LogP contribution >= 0.6 is 23.2 Å². The molecule has 0 atom stereocenters. The van der Waals surface area contributed by atoms with Crippen LogP contribution in [0.2, 0.25) is 10.0 Å². The maximum atomic E-state index is 12.7. The number of sulfonamides is 1. The van der Waals surface area contributed by atoms with E-state index in [0.717, 1.165) is 27.3 Å². The smallest absolute Gasteiger partial charge is 0.281 e. The number of amides is 1. The Morgan fingerprint density at radius 1 is 1.16 bits per heavy atom. The fraction of sp³-hybridized carbons (Fsp3) is 0.318. The summed E-state index contributed by atoms with van der Waals surface area (Å²) in [6.07, 6.45) is 1.10. The van der Waals surface area contributed by atoms with Crippen LogP contribution in [0.3, 0.4) is 0 Å². The number of fused-ring (bicyclic) bond motifs is 1. The van der Waals surface area contributed by atoms with Crippen molar-refractivity contribution in [1.29, 1.82) is 0 Å². The molecule has 0 aliphatic rings. The minimum Gasteiger partial charge on any atom is -0.494 e. The average Bonchev–Trinajstić information content (AvgIpc) is 3.06. The number of ether oxygens (including phenoxy) is 1. The van der Waals surface area contributed by atoms with Gasteiger partial charge in [-0.15, -0.1) is 0 Å². The molecule has 1 heterocycles. The van der Waals surface area contributed by atoms with Crippen molar-refractivity contribution in [2.45, 2.75) is 26.7 Å². The highest BCUT2D eigenvalue weighted by atomic mass is 35.5. The van der Waals surface area contributed by atoms with E-state index in [1.165, 1.54) is 0 Å². The van der Waals surface area contributed by atoms with E-state index in [1.807, 2.05) is 26.0 Å². The summed E-state index contributed by atoms with van der Waals surface area (Å²) in [5, 5.41) is 2.02. The molecule has 0 saturated carbocycles. The molecule has 0 aliphatic heterocycles. The number of carbonyl (C=O) groups excluding carboxylic acids is 1. The molecule has 1 amide bonds. The zero-order valence-electron chi connectivity index (χ0n) is 17.8. The van der Waals surface area contributed by atoms with Gasteiger partial charge in [-0.05, 0) is 67.6 Å². The molecule has 7 nitrogen and oxygen atoms in total. The van der Waals surface area contributed by atoms with E-state index in [4.69, 9.17) is 33.7 Å². The Bertz CT molecular complexity index is 1230. The first-order valence-electron chi connectivity index (χ1n) is 10.1. The van der Waals surface area contributed by atoms with Crippen LogP contribution in [0.25, 0.3) is 10.9 Å². The van der Waals surface area contributed by atoms with Crippen LogP contribution in [0.1, 0.15) is 33.6 Å². The van der Waals surface area contributed by atoms with Gasteiger partial charge in [0.15, 0.2) is 0 Å². The molecule has 0 radical (unpaired) electrons. The first-order valence-corrected chi connectivity index (χ1v) is 12.5. The fourth-order valence-electron chi connectivity index (χ4n) is 3.51. The van der Waals surface area contributed by atoms with Gasteiger partial charge in [0.05, 0.1) is 12.4 Å². The molecule has 3 rings (SSSR count). The maximum absolute atomic E-state index is 12.7. The standard InChI is InChI=1S/C22H25Cl2N3O4S/c1-13-10-16(11-14(2)20(13)24)31-8-3-4-18-17-6-5-15(23)12-19(17)26-21(18)22(28)27-32(29,30)9-7-25/h5-6,10-12,26H,3-4,7-9,25H2,1-2H3,(H,27,28).